The van der Waals surface area contributed by atoms with Crippen molar-refractivity contribution >= 4 is 23.2 Å². The van der Waals surface area contributed by atoms with E-state index < -0.39 is 5.41 Å². The number of carbonyl (C=O) groups excluding carboxylic acids is 2. The SMILES string of the molecule is CC(C)(C(=O)N1CCN(C2COC2)CC1)C(=C(C#N)C(=O)N1CCCCC1)N1CNc2cnccc21. The fourth-order valence-electron chi connectivity index (χ4n) is 5.67. The van der Waals surface area contributed by atoms with Crippen molar-refractivity contribution in [3.8, 4) is 6.07 Å². The standard InChI is InChI=1S/C26H35N7O3/c1-26(2,25(35)32-12-10-30(11-13-32)19-16-36-17-19)23(33-18-29-21-15-28-7-6-22(21)33)20(14-27)24(34)31-8-4-3-5-9-31/h6-7,15,19,29H,3-5,8-13,16-18H2,1-2H3. The van der Waals surface area contributed by atoms with E-state index >= 15 is 0 Å². The summed E-state index contributed by atoms with van der Waals surface area (Å²) in [5.41, 5.74) is 1.04. The minimum absolute atomic E-state index is 0.0481. The molecule has 10 heteroatoms. The van der Waals surface area contributed by atoms with Crippen LogP contribution in [-0.4, -0.2) is 96.7 Å². The van der Waals surface area contributed by atoms with Gasteiger partial charge in [0.2, 0.25) is 5.91 Å². The number of piperidine rings is 1. The lowest BCUT2D eigenvalue weighted by Gasteiger charge is -2.45. The number of ether oxygens (including phenoxy) is 1. The maximum absolute atomic E-state index is 14.1. The molecule has 3 fully saturated rings. The Bertz CT molecular complexity index is 1080. The number of anilines is 2. The quantitative estimate of drug-likeness (QED) is 0.488. The predicted octanol–water partition coefficient (Wildman–Crippen LogP) is 1.63. The molecule has 36 heavy (non-hydrogen) atoms. The van der Waals surface area contributed by atoms with E-state index in [-0.39, 0.29) is 17.4 Å². The van der Waals surface area contributed by atoms with Crippen molar-refractivity contribution in [1.82, 2.24) is 19.7 Å². The number of likely N-dealkylation sites (tertiary alicyclic amines) is 1. The lowest BCUT2D eigenvalue weighted by molar-refractivity contribution is -0.142. The third-order valence-electron chi connectivity index (χ3n) is 7.86. The molecule has 192 valence electrons. The molecule has 0 atom stereocenters. The first-order chi connectivity index (χ1) is 17.4. The summed E-state index contributed by atoms with van der Waals surface area (Å²) in [6, 6.07) is 4.52. The van der Waals surface area contributed by atoms with Gasteiger partial charge in [-0.25, -0.2) is 0 Å². The first-order valence-electron chi connectivity index (χ1n) is 12.9. The minimum atomic E-state index is -1.09. The molecule has 1 aromatic heterocycles. The molecular weight excluding hydrogens is 458 g/mol. The number of aromatic nitrogens is 1. The Morgan fingerprint density at radius 1 is 1.08 bits per heavy atom. The van der Waals surface area contributed by atoms with Gasteiger partial charge in [-0.2, -0.15) is 5.26 Å². The van der Waals surface area contributed by atoms with Gasteiger partial charge >= 0.3 is 0 Å². The molecule has 0 aromatic carbocycles. The molecule has 2 amide bonds. The van der Waals surface area contributed by atoms with E-state index in [0.717, 1.165) is 56.9 Å². The van der Waals surface area contributed by atoms with Crippen LogP contribution in [0.2, 0.25) is 0 Å². The van der Waals surface area contributed by atoms with Gasteiger partial charge in [0.15, 0.2) is 0 Å². The molecule has 10 nitrogen and oxygen atoms in total. The molecule has 0 spiro atoms. The van der Waals surface area contributed by atoms with Crippen LogP contribution in [0.25, 0.3) is 0 Å². The van der Waals surface area contributed by atoms with Crippen LogP contribution in [0.4, 0.5) is 11.4 Å². The molecule has 0 unspecified atom stereocenters. The van der Waals surface area contributed by atoms with Crippen LogP contribution in [0.15, 0.2) is 29.7 Å². The summed E-state index contributed by atoms with van der Waals surface area (Å²) in [5, 5.41) is 13.6. The molecule has 1 N–H and O–H groups in total. The molecule has 0 saturated carbocycles. The Hall–Kier alpha value is -3.16. The van der Waals surface area contributed by atoms with E-state index in [2.05, 4.69) is 21.3 Å². The fourth-order valence-corrected chi connectivity index (χ4v) is 5.67. The van der Waals surface area contributed by atoms with Gasteiger partial charge in [-0.3, -0.25) is 19.5 Å². The second-order valence-electron chi connectivity index (χ2n) is 10.5. The predicted molar refractivity (Wildman–Crippen MR) is 135 cm³/mol. The summed E-state index contributed by atoms with van der Waals surface area (Å²) in [6.45, 7) is 9.67. The maximum Gasteiger partial charge on any atom is 0.266 e. The average molecular weight is 494 g/mol. The smallest absolute Gasteiger partial charge is 0.266 e. The summed E-state index contributed by atoms with van der Waals surface area (Å²) in [5.74, 6) is -0.353. The van der Waals surface area contributed by atoms with Gasteiger partial charge < -0.3 is 24.8 Å². The second kappa shape index (κ2) is 10.1. The van der Waals surface area contributed by atoms with Crippen molar-refractivity contribution in [2.24, 2.45) is 5.41 Å². The Morgan fingerprint density at radius 3 is 2.44 bits per heavy atom. The lowest BCUT2D eigenvalue weighted by atomic mass is 9.83. The van der Waals surface area contributed by atoms with Crippen molar-refractivity contribution in [2.45, 2.75) is 39.2 Å². The third-order valence-corrected chi connectivity index (χ3v) is 7.86. The van der Waals surface area contributed by atoms with Crippen molar-refractivity contribution in [1.29, 1.82) is 5.26 Å². The van der Waals surface area contributed by atoms with Gasteiger partial charge in [0.1, 0.15) is 11.6 Å². The topological polar surface area (TPSA) is 105 Å². The lowest BCUT2D eigenvalue weighted by Crippen LogP contribution is -2.59. The molecule has 3 saturated heterocycles. The monoisotopic (exact) mass is 493 g/mol. The number of fused-ring (bicyclic) bond motifs is 1. The summed E-state index contributed by atoms with van der Waals surface area (Å²) in [7, 11) is 0. The number of rotatable bonds is 5. The number of nitriles is 1. The molecule has 0 radical (unpaired) electrons. The van der Waals surface area contributed by atoms with Crippen molar-refractivity contribution in [3.05, 3.63) is 29.7 Å². The van der Waals surface area contributed by atoms with E-state index in [1.54, 1.807) is 17.3 Å². The molecule has 4 aliphatic heterocycles. The fraction of sp³-hybridized carbons (Fsp3) is 0.615. The largest absolute Gasteiger partial charge is 0.378 e. The Kier molecular flexibility index (Phi) is 6.86. The van der Waals surface area contributed by atoms with Crippen LogP contribution in [0.5, 0.6) is 0 Å². The van der Waals surface area contributed by atoms with Gasteiger partial charge in [0.25, 0.3) is 5.91 Å². The number of carbonyl (C=O) groups is 2. The van der Waals surface area contributed by atoms with Crippen LogP contribution < -0.4 is 10.2 Å². The highest BCUT2D eigenvalue weighted by atomic mass is 16.5. The van der Waals surface area contributed by atoms with Crippen LogP contribution >= 0.6 is 0 Å². The molecule has 5 heterocycles. The number of nitrogens with zero attached hydrogens (tertiary/aromatic N) is 6. The molecule has 5 rings (SSSR count). The highest BCUT2D eigenvalue weighted by molar-refractivity contribution is 6.01. The van der Waals surface area contributed by atoms with Crippen molar-refractivity contribution in [3.63, 3.8) is 0 Å². The Morgan fingerprint density at radius 2 is 1.81 bits per heavy atom. The number of amides is 2. The van der Waals surface area contributed by atoms with Crippen LogP contribution in [0.3, 0.4) is 0 Å². The van der Waals surface area contributed by atoms with Crippen molar-refractivity contribution < 1.29 is 14.3 Å². The number of hydrogen-bond donors (Lipinski definition) is 1. The molecule has 0 bridgehead atoms. The van der Waals surface area contributed by atoms with Gasteiger partial charge in [-0.15, -0.1) is 0 Å². The number of pyridine rings is 1. The van der Waals surface area contributed by atoms with E-state index in [1.165, 1.54) is 0 Å². The zero-order valence-corrected chi connectivity index (χ0v) is 21.2. The Balaban J connectivity index is 1.49. The zero-order chi connectivity index (χ0) is 25.3. The summed E-state index contributed by atoms with van der Waals surface area (Å²) in [4.78, 5) is 39.9. The number of hydrogen-bond acceptors (Lipinski definition) is 8. The highest BCUT2D eigenvalue weighted by Crippen LogP contribution is 2.42. The van der Waals surface area contributed by atoms with E-state index in [0.29, 0.717) is 44.6 Å². The Labute approximate surface area is 212 Å². The minimum Gasteiger partial charge on any atom is -0.378 e. The van der Waals surface area contributed by atoms with Crippen molar-refractivity contribution in [2.75, 3.05) is 69.4 Å². The zero-order valence-electron chi connectivity index (χ0n) is 21.2. The first-order valence-corrected chi connectivity index (χ1v) is 12.9. The number of piperazine rings is 1. The third kappa shape index (κ3) is 4.42. The van der Waals surface area contributed by atoms with Gasteiger partial charge in [-0.1, -0.05) is 0 Å². The van der Waals surface area contributed by atoms with Gasteiger partial charge in [0, 0.05) is 45.5 Å². The molecule has 1 aromatic rings. The van der Waals surface area contributed by atoms with Crippen LogP contribution in [0.1, 0.15) is 33.1 Å². The van der Waals surface area contributed by atoms with E-state index in [1.807, 2.05) is 29.7 Å². The van der Waals surface area contributed by atoms with E-state index in [9.17, 15) is 14.9 Å². The van der Waals surface area contributed by atoms with Gasteiger partial charge in [0.05, 0.1) is 54.6 Å². The average Bonchev–Trinajstić information content (AvgIpc) is 3.29. The summed E-state index contributed by atoms with van der Waals surface area (Å²) < 4.78 is 5.33. The van der Waals surface area contributed by atoms with Gasteiger partial charge in [-0.05, 0) is 39.2 Å². The highest BCUT2D eigenvalue weighted by Gasteiger charge is 2.45. The van der Waals surface area contributed by atoms with Crippen LogP contribution in [-0.2, 0) is 14.3 Å². The molecule has 4 aliphatic rings. The summed E-state index contributed by atoms with van der Waals surface area (Å²) >= 11 is 0. The first kappa shape index (κ1) is 24.5. The van der Waals surface area contributed by atoms with E-state index in [4.69, 9.17) is 4.74 Å². The normalized spacial score (nSPS) is 21.8. The summed E-state index contributed by atoms with van der Waals surface area (Å²) in [6.07, 6.45) is 6.36. The maximum atomic E-state index is 14.1. The molecular formula is C26H35N7O3. The molecule has 0 aliphatic carbocycles. The second-order valence-corrected chi connectivity index (χ2v) is 10.5. The number of nitrogens with one attached hydrogen (secondary N) is 1. The van der Waals surface area contributed by atoms with Crippen LogP contribution in [0, 0.1) is 16.7 Å².